The monoisotopic (exact) mass is 520 g/mol. The second kappa shape index (κ2) is 16.4. The number of nitrogens with one attached hydrogen (secondary N) is 2. The van der Waals surface area contributed by atoms with Crippen LogP contribution >= 0.6 is 10.8 Å². The van der Waals surface area contributed by atoms with E-state index in [1.165, 1.54) is 33.4 Å². The quantitative estimate of drug-likeness (QED) is 0.202. The van der Waals surface area contributed by atoms with Crippen LogP contribution < -0.4 is 10.6 Å². The van der Waals surface area contributed by atoms with E-state index >= 15 is 0 Å². The van der Waals surface area contributed by atoms with Crippen LogP contribution in [0.25, 0.3) is 0 Å². The lowest BCUT2D eigenvalue weighted by Crippen LogP contribution is -2.23. The Morgan fingerprint density at radius 1 is 0.714 bits per heavy atom. The first-order valence-corrected chi connectivity index (χ1v) is 15.8. The number of rotatable bonds is 18. The van der Waals surface area contributed by atoms with Crippen molar-refractivity contribution in [3.05, 3.63) is 69.8 Å². The van der Waals surface area contributed by atoms with Gasteiger partial charge in [0.1, 0.15) is 0 Å². The molecule has 0 atom stereocenters. The minimum atomic E-state index is -3.53. The second-order valence-electron chi connectivity index (χ2n) is 9.33. The Bertz CT molecular complexity index is 920. The fourth-order valence-corrected chi connectivity index (χ4v) is 6.04. The molecule has 0 aliphatic heterocycles. The Morgan fingerprint density at radius 3 is 1.77 bits per heavy atom. The maximum Gasteiger partial charge on any atom is 0.322 e. The largest absolute Gasteiger partial charge is 0.322 e. The molecule has 0 amide bonds. The molecule has 0 fully saturated rings. The zero-order chi connectivity index (χ0) is 25.5. The lowest BCUT2D eigenvalue weighted by Gasteiger charge is -2.09. The predicted molar refractivity (Wildman–Crippen MR) is 151 cm³/mol. The van der Waals surface area contributed by atoms with Crippen LogP contribution in [-0.2, 0) is 26.2 Å². The summed E-state index contributed by atoms with van der Waals surface area (Å²) in [6.45, 7) is 11.7. The molecule has 0 aliphatic rings. The smallest absolute Gasteiger partial charge is 0.316 e. The summed E-state index contributed by atoms with van der Waals surface area (Å²) < 4.78 is 29.1. The first-order chi connectivity index (χ1) is 16.8. The third-order valence-corrected chi connectivity index (χ3v) is 8.89. The highest BCUT2D eigenvalue weighted by Crippen LogP contribution is 2.15. The molecule has 2 rings (SSSR count). The lowest BCUT2D eigenvalue weighted by molar-refractivity contribution is 0.325. The molecule has 5 nitrogen and oxygen atoms in total. The highest BCUT2D eigenvalue weighted by Gasteiger charge is 2.11. The van der Waals surface area contributed by atoms with Gasteiger partial charge in [0.2, 0.25) is 0 Å². The molecule has 0 aromatic heterocycles. The molecule has 0 aliphatic carbocycles. The molecule has 0 radical (unpaired) electrons. The maximum atomic E-state index is 12.0. The van der Waals surface area contributed by atoms with Crippen molar-refractivity contribution in [2.24, 2.45) is 0 Å². The van der Waals surface area contributed by atoms with Gasteiger partial charge in [0.05, 0.1) is 6.61 Å². The Kier molecular flexibility index (Phi) is 14.0. The van der Waals surface area contributed by atoms with Gasteiger partial charge in [-0.2, -0.15) is 8.42 Å². The van der Waals surface area contributed by atoms with E-state index in [-0.39, 0.29) is 6.61 Å². The molecule has 0 spiro atoms. The summed E-state index contributed by atoms with van der Waals surface area (Å²) >= 11 is 0. The summed E-state index contributed by atoms with van der Waals surface area (Å²) in [4.78, 5) is 0. The summed E-state index contributed by atoms with van der Waals surface area (Å²) in [7, 11) is -2.65. The second-order valence-corrected chi connectivity index (χ2v) is 13.0. The molecule has 35 heavy (non-hydrogen) atoms. The third-order valence-electron chi connectivity index (χ3n) is 6.12. The van der Waals surface area contributed by atoms with Crippen LogP contribution in [0.4, 0.5) is 0 Å². The van der Waals surface area contributed by atoms with E-state index in [0.717, 1.165) is 62.4 Å². The van der Waals surface area contributed by atoms with E-state index in [2.05, 4.69) is 74.7 Å². The molecule has 0 bridgehead atoms. The van der Waals surface area contributed by atoms with Gasteiger partial charge < -0.3 is 10.6 Å². The van der Waals surface area contributed by atoms with Crippen molar-refractivity contribution in [2.75, 3.05) is 38.5 Å². The normalized spacial score (nSPS) is 11.8. The van der Waals surface area contributed by atoms with Crippen molar-refractivity contribution in [1.29, 1.82) is 0 Å². The Labute approximate surface area is 217 Å². The van der Waals surface area contributed by atoms with E-state index in [1.807, 2.05) is 0 Å². The molecule has 196 valence electrons. The minimum absolute atomic E-state index is 0.179. The molecule has 0 heterocycles. The van der Waals surface area contributed by atoms with E-state index in [9.17, 15) is 8.42 Å². The summed E-state index contributed by atoms with van der Waals surface area (Å²) in [5.41, 5.74) is 8.17. The van der Waals surface area contributed by atoms with Gasteiger partial charge in [0.15, 0.2) is 0 Å². The van der Waals surface area contributed by atoms with Crippen molar-refractivity contribution in [3.8, 4) is 0 Å². The topological polar surface area (TPSA) is 67.4 Å². The number of benzene rings is 2. The van der Waals surface area contributed by atoms with Gasteiger partial charge in [-0.1, -0.05) is 47.5 Å². The summed E-state index contributed by atoms with van der Waals surface area (Å²) in [6, 6.07) is 13.2. The summed E-state index contributed by atoms with van der Waals surface area (Å²) in [5.74, 6) is 0.491. The molecule has 7 heteroatoms. The third kappa shape index (κ3) is 12.9. The average Bonchev–Trinajstić information content (AvgIpc) is 2.81. The van der Waals surface area contributed by atoms with Crippen molar-refractivity contribution in [2.45, 2.75) is 66.2 Å². The molecular formula is C28H44N2O3S2. The average molecular weight is 521 g/mol. The van der Waals surface area contributed by atoms with Gasteiger partial charge in [-0.05, 0) is 112 Å². The van der Waals surface area contributed by atoms with E-state index in [0.29, 0.717) is 18.8 Å². The van der Waals surface area contributed by atoms with E-state index in [4.69, 9.17) is 4.18 Å². The summed E-state index contributed by atoms with van der Waals surface area (Å²) in [6.07, 6.45) is 6.56. The Balaban J connectivity index is 1.42. The van der Waals surface area contributed by atoms with Gasteiger partial charge >= 0.3 is 9.15 Å². The standard InChI is InChI=1S/C28H44N2O3S2/c1-23-11-13-25(3)27(21-23)9-5-7-15-29-17-19-33-35(31,32)34-20-18-30-16-8-6-10-28-22-24(2)12-14-26(28)4/h11-14,21-22,29-30H,5-10,15-20H2,1-4H3. The molecule has 2 aromatic rings. The zero-order valence-electron chi connectivity index (χ0n) is 22.0. The van der Waals surface area contributed by atoms with Gasteiger partial charge in [-0.15, -0.1) is 0 Å². The van der Waals surface area contributed by atoms with Crippen molar-refractivity contribution >= 4 is 19.9 Å². The fraction of sp³-hybridized carbons (Fsp3) is 0.571. The fourth-order valence-electron chi connectivity index (χ4n) is 3.99. The van der Waals surface area contributed by atoms with Crippen LogP contribution in [0.2, 0.25) is 0 Å². The van der Waals surface area contributed by atoms with Crippen LogP contribution in [0, 0.1) is 27.7 Å². The number of hydrogen-bond donors (Lipinski definition) is 2. The van der Waals surface area contributed by atoms with Crippen molar-refractivity contribution in [3.63, 3.8) is 0 Å². The van der Waals surface area contributed by atoms with Crippen LogP contribution in [0.3, 0.4) is 0 Å². The van der Waals surface area contributed by atoms with Crippen LogP contribution in [0.5, 0.6) is 0 Å². The zero-order valence-corrected chi connectivity index (χ0v) is 23.6. The van der Waals surface area contributed by atoms with E-state index < -0.39 is 9.15 Å². The number of hydrogen-bond acceptors (Lipinski definition) is 6. The Hall–Kier alpha value is -1.38. The molecule has 0 saturated heterocycles. The van der Waals surface area contributed by atoms with Gasteiger partial charge in [-0.3, -0.25) is 4.18 Å². The van der Waals surface area contributed by atoms with Crippen LogP contribution in [0.1, 0.15) is 59.1 Å². The molecule has 2 aromatic carbocycles. The maximum absolute atomic E-state index is 12.0. The first kappa shape index (κ1) is 29.8. The molecule has 0 unspecified atom stereocenters. The van der Waals surface area contributed by atoms with Crippen molar-refractivity contribution < 1.29 is 12.6 Å². The number of aryl methyl sites for hydroxylation is 6. The van der Waals surface area contributed by atoms with E-state index in [1.54, 1.807) is 0 Å². The van der Waals surface area contributed by atoms with Crippen LogP contribution in [0.15, 0.2) is 36.4 Å². The first-order valence-electron chi connectivity index (χ1n) is 12.8. The summed E-state index contributed by atoms with van der Waals surface area (Å²) in [5, 5.41) is 6.60. The molecule has 2 N–H and O–H groups in total. The van der Waals surface area contributed by atoms with Crippen LogP contribution in [-0.4, -0.2) is 47.0 Å². The van der Waals surface area contributed by atoms with Crippen molar-refractivity contribution in [1.82, 2.24) is 10.6 Å². The minimum Gasteiger partial charge on any atom is -0.316 e. The highest BCUT2D eigenvalue weighted by molar-refractivity contribution is 8.70. The molecular weight excluding hydrogens is 476 g/mol. The van der Waals surface area contributed by atoms with Gasteiger partial charge in [0, 0.05) is 18.8 Å². The molecule has 0 saturated carbocycles. The van der Waals surface area contributed by atoms with Gasteiger partial charge in [0.25, 0.3) is 0 Å². The Morgan fingerprint density at radius 2 is 1.23 bits per heavy atom. The lowest BCUT2D eigenvalue weighted by atomic mass is 10.0. The van der Waals surface area contributed by atoms with Gasteiger partial charge in [-0.25, -0.2) is 0 Å². The highest BCUT2D eigenvalue weighted by atomic mass is 33.1. The SMILES string of the molecule is Cc1ccc(C)c(CCCCNCCOS(=O)(=O)SCCNCCCCc2cc(C)ccc2C)c1. The number of unbranched alkanes of at least 4 members (excludes halogenated alkanes) is 2. The predicted octanol–water partition coefficient (Wildman–Crippen LogP) is 5.44.